The summed E-state index contributed by atoms with van der Waals surface area (Å²) in [4.78, 5) is 12.7. The first kappa shape index (κ1) is 19.9. The molecular formula is C21H30N4OS. The zero-order valence-corrected chi connectivity index (χ0v) is 17.6. The SMILES string of the molecule is CCn1c(S[C@H](C)C(=O)N[C@@H]2CCCC[C@@H]2C)nnc1-c1ccccc1C. The van der Waals surface area contributed by atoms with E-state index in [0.29, 0.717) is 12.0 Å². The summed E-state index contributed by atoms with van der Waals surface area (Å²) in [6, 6.07) is 8.50. The molecule has 5 nitrogen and oxygen atoms in total. The van der Waals surface area contributed by atoms with Crippen molar-refractivity contribution in [3.05, 3.63) is 29.8 Å². The lowest BCUT2D eigenvalue weighted by atomic mass is 9.86. The average molecular weight is 387 g/mol. The van der Waals surface area contributed by atoms with Gasteiger partial charge in [-0.3, -0.25) is 4.79 Å². The molecule has 0 bridgehead atoms. The molecule has 1 fully saturated rings. The maximum Gasteiger partial charge on any atom is 0.233 e. The molecular weight excluding hydrogens is 356 g/mol. The van der Waals surface area contributed by atoms with Crippen molar-refractivity contribution in [2.75, 3.05) is 0 Å². The molecule has 1 aromatic carbocycles. The second kappa shape index (κ2) is 8.91. The Kier molecular flexibility index (Phi) is 6.58. The van der Waals surface area contributed by atoms with Gasteiger partial charge in [0.25, 0.3) is 0 Å². The molecule has 27 heavy (non-hydrogen) atoms. The molecule has 0 aliphatic heterocycles. The summed E-state index contributed by atoms with van der Waals surface area (Å²) in [7, 11) is 0. The summed E-state index contributed by atoms with van der Waals surface area (Å²) >= 11 is 1.49. The molecule has 1 aromatic heterocycles. The monoisotopic (exact) mass is 386 g/mol. The van der Waals surface area contributed by atoms with E-state index in [0.717, 1.165) is 29.5 Å². The highest BCUT2D eigenvalue weighted by molar-refractivity contribution is 8.00. The quantitative estimate of drug-likeness (QED) is 0.745. The van der Waals surface area contributed by atoms with Gasteiger partial charge in [-0.1, -0.05) is 55.8 Å². The van der Waals surface area contributed by atoms with Crippen LogP contribution in [0.1, 0.15) is 52.0 Å². The number of hydrogen-bond acceptors (Lipinski definition) is 4. The van der Waals surface area contributed by atoms with E-state index in [4.69, 9.17) is 0 Å². The minimum atomic E-state index is -0.196. The van der Waals surface area contributed by atoms with Crippen LogP contribution in [0.15, 0.2) is 29.4 Å². The van der Waals surface area contributed by atoms with Crippen molar-refractivity contribution in [2.24, 2.45) is 5.92 Å². The molecule has 0 saturated heterocycles. The Morgan fingerprint density at radius 2 is 2.04 bits per heavy atom. The molecule has 1 saturated carbocycles. The van der Waals surface area contributed by atoms with Crippen LogP contribution in [0, 0.1) is 12.8 Å². The van der Waals surface area contributed by atoms with Gasteiger partial charge in [0.1, 0.15) is 0 Å². The third-order valence-corrected chi connectivity index (χ3v) is 6.59. The van der Waals surface area contributed by atoms with E-state index < -0.39 is 0 Å². The van der Waals surface area contributed by atoms with Gasteiger partial charge >= 0.3 is 0 Å². The van der Waals surface area contributed by atoms with Gasteiger partial charge in [0.2, 0.25) is 5.91 Å². The van der Waals surface area contributed by atoms with E-state index in [-0.39, 0.29) is 11.2 Å². The molecule has 1 aliphatic carbocycles. The van der Waals surface area contributed by atoms with Crippen molar-refractivity contribution < 1.29 is 4.79 Å². The van der Waals surface area contributed by atoms with Gasteiger partial charge in [-0.15, -0.1) is 10.2 Å². The molecule has 0 spiro atoms. The summed E-state index contributed by atoms with van der Waals surface area (Å²) in [5.41, 5.74) is 2.26. The van der Waals surface area contributed by atoms with Gasteiger partial charge in [0.05, 0.1) is 5.25 Å². The number of aromatic nitrogens is 3. The lowest BCUT2D eigenvalue weighted by Gasteiger charge is -2.30. The Morgan fingerprint density at radius 3 is 2.74 bits per heavy atom. The second-order valence-electron chi connectivity index (χ2n) is 7.50. The van der Waals surface area contributed by atoms with Crippen LogP contribution >= 0.6 is 11.8 Å². The molecule has 1 N–H and O–H groups in total. The van der Waals surface area contributed by atoms with Gasteiger partial charge in [-0.05, 0) is 45.1 Å². The predicted octanol–water partition coefficient (Wildman–Crippen LogP) is 4.45. The van der Waals surface area contributed by atoms with E-state index >= 15 is 0 Å². The van der Waals surface area contributed by atoms with Crippen molar-refractivity contribution in [2.45, 2.75) is 76.4 Å². The maximum absolute atomic E-state index is 12.7. The molecule has 3 rings (SSSR count). The first-order valence-corrected chi connectivity index (χ1v) is 10.9. The van der Waals surface area contributed by atoms with Crippen molar-refractivity contribution in [3.8, 4) is 11.4 Å². The van der Waals surface area contributed by atoms with Crippen LogP contribution in [0.25, 0.3) is 11.4 Å². The second-order valence-corrected chi connectivity index (χ2v) is 8.81. The third-order valence-electron chi connectivity index (χ3n) is 5.51. The molecule has 2 aromatic rings. The first-order chi connectivity index (χ1) is 13.0. The van der Waals surface area contributed by atoms with Crippen molar-refractivity contribution >= 4 is 17.7 Å². The molecule has 3 atom stereocenters. The highest BCUT2D eigenvalue weighted by atomic mass is 32.2. The molecule has 146 valence electrons. The Hall–Kier alpha value is -1.82. The number of carbonyl (C=O) groups is 1. The van der Waals surface area contributed by atoms with E-state index in [2.05, 4.69) is 53.0 Å². The Balaban J connectivity index is 1.71. The molecule has 0 unspecified atom stereocenters. The normalized spacial score (nSPS) is 21.0. The van der Waals surface area contributed by atoms with Crippen LogP contribution in [0.3, 0.4) is 0 Å². The van der Waals surface area contributed by atoms with E-state index in [1.807, 2.05) is 19.1 Å². The van der Waals surface area contributed by atoms with E-state index in [9.17, 15) is 4.79 Å². The molecule has 6 heteroatoms. The lowest BCUT2D eigenvalue weighted by molar-refractivity contribution is -0.121. The molecule has 1 amide bonds. The predicted molar refractivity (Wildman–Crippen MR) is 111 cm³/mol. The third kappa shape index (κ3) is 4.54. The van der Waals surface area contributed by atoms with E-state index in [1.54, 1.807) is 0 Å². The number of aryl methyl sites for hydroxylation is 1. The van der Waals surface area contributed by atoms with Gasteiger partial charge in [0.15, 0.2) is 11.0 Å². The van der Waals surface area contributed by atoms with Crippen LogP contribution in [0.5, 0.6) is 0 Å². The van der Waals surface area contributed by atoms with Crippen LogP contribution in [0.4, 0.5) is 0 Å². The zero-order valence-electron chi connectivity index (χ0n) is 16.7. The minimum Gasteiger partial charge on any atom is -0.352 e. The Bertz CT molecular complexity index is 788. The fourth-order valence-electron chi connectivity index (χ4n) is 3.73. The number of benzene rings is 1. The number of amides is 1. The first-order valence-electron chi connectivity index (χ1n) is 9.97. The summed E-state index contributed by atoms with van der Waals surface area (Å²) < 4.78 is 2.10. The topological polar surface area (TPSA) is 59.8 Å². The van der Waals surface area contributed by atoms with Crippen molar-refractivity contribution in [3.63, 3.8) is 0 Å². The maximum atomic E-state index is 12.7. The van der Waals surface area contributed by atoms with Crippen LogP contribution < -0.4 is 5.32 Å². The Labute approximate surface area is 166 Å². The number of carbonyl (C=O) groups excluding carboxylic acids is 1. The van der Waals surface area contributed by atoms with Crippen LogP contribution in [0.2, 0.25) is 0 Å². The minimum absolute atomic E-state index is 0.0989. The number of nitrogens with zero attached hydrogens (tertiary/aromatic N) is 3. The van der Waals surface area contributed by atoms with Gasteiger partial charge in [-0.25, -0.2) is 0 Å². The molecule has 1 aliphatic rings. The largest absolute Gasteiger partial charge is 0.352 e. The highest BCUT2D eigenvalue weighted by Crippen LogP contribution is 2.29. The number of thioether (sulfide) groups is 1. The highest BCUT2D eigenvalue weighted by Gasteiger charge is 2.26. The van der Waals surface area contributed by atoms with E-state index in [1.165, 1.54) is 36.6 Å². The van der Waals surface area contributed by atoms with Gasteiger partial charge in [-0.2, -0.15) is 0 Å². The number of nitrogens with one attached hydrogen (secondary N) is 1. The molecule has 1 heterocycles. The summed E-state index contributed by atoms with van der Waals surface area (Å²) in [6.07, 6.45) is 4.78. The number of hydrogen-bond donors (Lipinski definition) is 1. The average Bonchev–Trinajstić information content (AvgIpc) is 3.06. The van der Waals surface area contributed by atoms with Gasteiger partial charge < -0.3 is 9.88 Å². The zero-order chi connectivity index (χ0) is 19.4. The summed E-state index contributed by atoms with van der Waals surface area (Å²) in [5.74, 6) is 1.53. The lowest BCUT2D eigenvalue weighted by Crippen LogP contribution is -2.44. The summed E-state index contributed by atoms with van der Waals surface area (Å²) in [6.45, 7) is 9.13. The standard InChI is InChI=1S/C21H30N4OS/c1-5-25-19(17-12-8-6-10-14(17)2)23-24-21(25)27-16(4)20(26)22-18-13-9-7-11-15(18)3/h6,8,10,12,15-16,18H,5,7,9,11,13H2,1-4H3,(H,22,26)/t15-,16+,18+/m0/s1. The summed E-state index contributed by atoms with van der Waals surface area (Å²) in [5, 5.41) is 12.7. The van der Waals surface area contributed by atoms with Crippen LogP contribution in [-0.4, -0.2) is 32.0 Å². The smallest absolute Gasteiger partial charge is 0.233 e. The Morgan fingerprint density at radius 1 is 1.30 bits per heavy atom. The van der Waals surface area contributed by atoms with Crippen LogP contribution in [-0.2, 0) is 11.3 Å². The fourth-order valence-corrected chi connectivity index (χ4v) is 4.65. The molecule has 0 radical (unpaired) electrons. The fraction of sp³-hybridized carbons (Fsp3) is 0.571. The van der Waals surface area contributed by atoms with Crippen molar-refractivity contribution in [1.29, 1.82) is 0 Å². The number of rotatable bonds is 6. The van der Waals surface area contributed by atoms with Crippen molar-refractivity contribution in [1.82, 2.24) is 20.1 Å². The van der Waals surface area contributed by atoms with Gasteiger partial charge in [0, 0.05) is 18.2 Å².